The van der Waals surface area contributed by atoms with Crippen molar-refractivity contribution in [2.75, 3.05) is 5.73 Å². The first-order chi connectivity index (χ1) is 9.63. The summed E-state index contributed by atoms with van der Waals surface area (Å²) >= 11 is 0. The number of fused-ring (bicyclic) bond motifs is 1. The van der Waals surface area contributed by atoms with Crippen LogP contribution in [0, 0.1) is 11.6 Å². The van der Waals surface area contributed by atoms with Gasteiger partial charge in [-0.15, -0.1) is 0 Å². The van der Waals surface area contributed by atoms with Crippen LogP contribution in [-0.4, -0.2) is 9.97 Å². The van der Waals surface area contributed by atoms with Gasteiger partial charge in [0.15, 0.2) is 11.6 Å². The van der Waals surface area contributed by atoms with Crippen molar-refractivity contribution in [3.05, 3.63) is 53.9 Å². The van der Waals surface area contributed by atoms with Gasteiger partial charge in [0.25, 0.3) is 0 Å². The Morgan fingerprint density at radius 3 is 2.70 bits per heavy atom. The van der Waals surface area contributed by atoms with E-state index in [4.69, 9.17) is 10.5 Å². The molecule has 0 fully saturated rings. The number of benzene rings is 2. The zero-order valence-corrected chi connectivity index (χ0v) is 10.4. The minimum absolute atomic E-state index is 0.131. The van der Waals surface area contributed by atoms with Crippen LogP contribution in [0.3, 0.4) is 0 Å². The van der Waals surface area contributed by atoms with E-state index in [1.807, 2.05) is 0 Å². The van der Waals surface area contributed by atoms with E-state index in [2.05, 4.69) is 9.97 Å². The predicted molar refractivity (Wildman–Crippen MR) is 71.2 cm³/mol. The molecule has 0 spiro atoms. The number of nitrogens with two attached hydrogens (primary N) is 1. The van der Waals surface area contributed by atoms with Crippen LogP contribution >= 0.6 is 0 Å². The summed E-state index contributed by atoms with van der Waals surface area (Å²) in [6.45, 7) is 0.131. The third-order valence-electron chi connectivity index (χ3n) is 2.86. The van der Waals surface area contributed by atoms with Crippen molar-refractivity contribution < 1.29 is 13.5 Å². The summed E-state index contributed by atoms with van der Waals surface area (Å²) in [5, 5.41) is 0. The Bertz CT molecular complexity index is 731. The summed E-state index contributed by atoms with van der Waals surface area (Å²) in [4.78, 5) is 7.00. The van der Waals surface area contributed by atoms with E-state index in [0.29, 0.717) is 28.3 Å². The summed E-state index contributed by atoms with van der Waals surface area (Å²) in [6, 6.07) is 9.17. The normalized spacial score (nSPS) is 10.9. The largest absolute Gasteiger partial charge is 0.484 e. The SMILES string of the molecule is Nc1ccccc1OCc1nc2cc(F)c(F)cc2[nH]1. The second-order valence-electron chi connectivity index (χ2n) is 4.29. The van der Waals surface area contributed by atoms with Gasteiger partial charge in [0, 0.05) is 12.1 Å². The fraction of sp³-hybridized carbons (Fsp3) is 0.0714. The molecule has 6 heteroatoms. The fourth-order valence-electron chi connectivity index (χ4n) is 1.88. The van der Waals surface area contributed by atoms with Gasteiger partial charge in [-0.3, -0.25) is 0 Å². The molecule has 4 nitrogen and oxygen atoms in total. The Morgan fingerprint density at radius 1 is 1.15 bits per heavy atom. The lowest BCUT2D eigenvalue weighted by atomic mass is 10.3. The molecule has 1 aromatic heterocycles. The lowest BCUT2D eigenvalue weighted by Crippen LogP contribution is -1.99. The molecule has 3 aromatic rings. The van der Waals surface area contributed by atoms with E-state index in [9.17, 15) is 8.78 Å². The predicted octanol–water partition coefficient (Wildman–Crippen LogP) is 3.00. The van der Waals surface area contributed by atoms with Gasteiger partial charge < -0.3 is 15.5 Å². The molecule has 20 heavy (non-hydrogen) atoms. The summed E-state index contributed by atoms with van der Waals surface area (Å²) in [6.07, 6.45) is 0. The summed E-state index contributed by atoms with van der Waals surface area (Å²) in [5.41, 5.74) is 7.03. The lowest BCUT2D eigenvalue weighted by molar-refractivity contribution is 0.299. The van der Waals surface area contributed by atoms with Gasteiger partial charge in [0.2, 0.25) is 0 Å². The number of nitrogens with one attached hydrogen (secondary N) is 1. The first kappa shape index (κ1) is 12.4. The highest BCUT2D eigenvalue weighted by molar-refractivity contribution is 5.75. The topological polar surface area (TPSA) is 63.9 Å². The zero-order chi connectivity index (χ0) is 14.1. The van der Waals surface area contributed by atoms with Crippen molar-refractivity contribution in [1.29, 1.82) is 0 Å². The van der Waals surface area contributed by atoms with Crippen molar-refractivity contribution in [3.63, 3.8) is 0 Å². The Morgan fingerprint density at radius 2 is 1.90 bits per heavy atom. The van der Waals surface area contributed by atoms with Gasteiger partial charge in [-0.2, -0.15) is 0 Å². The van der Waals surface area contributed by atoms with Crippen LogP contribution in [0.2, 0.25) is 0 Å². The maximum atomic E-state index is 13.1. The number of anilines is 1. The maximum absolute atomic E-state index is 13.1. The number of nitrogens with zero attached hydrogens (tertiary/aromatic N) is 1. The molecule has 3 rings (SSSR count). The summed E-state index contributed by atoms with van der Waals surface area (Å²) < 4.78 is 31.7. The van der Waals surface area contributed by atoms with Gasteiger partial charge >= 0.3 is 0 Å². The molecule has 0 aliphatic carbocycles. The number of aromatic amines is 1. The molecular weight excluding hydrogens is 264 g/mol. The number of hydrogen-bond donors (Lipinski definition) is 2. The molecule has 0 amide bonds. The molecule has 2 aromatic carbocycles. The number of nitrogen functional groups attached to an aromatic ring is 1. The van der Waals surface area contributed by atoms with Crippen molar-refractivity contribution >= 4 is 16.7 Å². The second-order valence-corrected chi connectivity index (χ2v) is 4.29. The number of ether oxygens (including phenoxy) is 1. The number of H-pyrrole nitrogens is 1. The molecule has 3 N–H and O–H groups in total. The van der Waals surface area contributed by atoms with E-state index < -0.39 is 11.6 Å². The Labute approximate surface area is 113 Å². The maximum Gasteiger partial charge on any atom is 0.161 e. The first-order valence-electron chi connectivity index (χ1n) is 5.94. The van der Waals surface area contributed by atoms with E-state index >= 15 is 0 Å². The number of rotatable bonds is 3. The molecule has 102 valence electrons. The molecule has 0 aliphatic rings. The van der Waals surface area contributed by atoms with Crippen LogP contribution in [0.5, 0.6) is 5.75 Å². The van der Waals surface area contributed by atoms with E-state index in [1.54, 1.807) is 24.3 Å². The molecular formula is C14H11F2N3O. The molecule has 0 saturated heterocycles. The zero-order valence-electron chi connectivity index (χ0n) is 10.4. The molecule has 1 heterocycles. The van der Waals surface area contributed by atoms with Crippen LogP contribution in [0.25, 0.3) is 11.0 Å². The van der Waals surface area contributed by atoms with E-state index in [0.717, 1.165) is 12.1 Å². The third-order valence-corrected chi connectivity index (χ3v) is 2.86. The second kappa shape index (κ2) is 4.80. The minimum Gasteiger partial charge on any atom is -0.484 e. The Hall–Kier alpha value is -2.63. The van der Waals surface area contributed by atoms with Crippen molar-refractivity contribution in [1.82, 2.24) is 9.97 Å². The van der Waals surface area contributed by atoms with Crippen molar-refractivity contribution in [3.8, 4) is 5.75 Å². The molecule has 0 radical (unpaired) electrons. The summed E-state index contributed by atoms with van der Waals surface area (Å²) in [5.74, 6) is -0.844. The molecule has 0 bridgehead atoms. The quantitative estimate of drug-likeness (QED) is 0.722. The number of halogens is 2. The molecule has 0 aliphatic heterocycles. The van der Waals surface area contributed by atoms with Crippen LogP contribution in [0.1, 0.15) is 5.82 Å². The molecule has 0 unspecified atom stereocenters. The average molecular weight is 275 g/mol. The highest BCUT2D eigenvalue weighted by Crippen LogP contribution is 2.21. The van der Waals surface area contributed by atoms with Crippen molar-refractivity contribution in [2.45, 2.75) is 6.61 Å². The van der Waals surface area contributed by atoms with Gasteiger partial charge in [0.1, 0.15) is 18.2 Å². The first-order valence-corrected chi connectivity index (χ1v) is 5.94. The monoisotopic (exact) mass is 275 g/mol. The Kier molecular flexibility index (Phi) is 2.98. The smallest absolute Gasteiger partial charge is 0.161 e. The lowest BCUT2D eigenvalue weighted by Gasteiger charge is -2.06. The number of hydrogen-bond acceptors (Lipinski definition) is 3. The van der Waals surface area contributed by atoms with Crippen LogP contribution < -0.4 is 10.5 Å². The van der Waals surface area contributed by atoms with Gasteiger partial charge in [-0.25, -0.2) is 13.8 Å². The number of imidazole rings is 1. The van der Waals surface area contributed by atoms with Crippen LogP contribution in [0.4, 0.5) is 14.5 Å². The van der Waals surface area contributed by atoms with E-state index in [1.165, 1.54) is 0 Å². The molecule has 0 saturated carbocycles. The minimum atomic E-state index is -0.927. The standard InChI is InChI=1S/C14H11F2N3O/c15-8-5-11-12(6-9(8)16)19-14(18-11)7-20-13-4-2-1-3-10(13)17/h1-6H,7,17H2,(H,18,19). The third kappa shape index (κ3) is 2.27. The van der Waals surface area contributed by atoms with Gasteiger partial charge in [-0.05, 0) is 12.1 Å². The van der Waals surface area contributed by atoms with Crippen molar-refractivity contribution in [2.24, 2.45) is 0 Å². The number of para-hydroxylation sites is 2. The van der Waals surface area contributed by atoms with Gasteiger partial charge in [-0.1, -0.05) is 12.1 Å². The van der Waals surface area contributed by atoms with Gasteiger partial charge in [0.05, 0.1) is 16.7 Å². The highest BCUT2D eigenvalue weighted by Gasteiger charge is 2.09. The number of aromatic nitrogens is 2. The fourth-order valence-corrected chi connectivity index (χ4v) is 1.88. The van der Waals surface area contributed by atoms with Crippen LogP contribution in [0.15, 0.2) is 36.4 Å². The van der Waals surface area contributed by atoms with E-state index in [-0.39, 0.29) is 6.61 Å². The average Bonchev–Trinajstić information content (AvgIpc) is 2.80. The summed E-state index contributed by atoms with van der Waals surface area (Å²) in [7, 11) is 0. The Balaban J connectivity index is 1.83. The highest BCUT2D eigenvalue weighted by atomic mass is 19.2. The van der Waals surface area contributed by atoms with Crippen LogP contribution in [-0.2, 0) is 6.61 Å². The molecule has 0 atom stereocenters.